The van der Waals surface area contributed by atoms with Gasteiger partial charge < -0.3 is 24.6 Å². The molecule has 4 rings (SSSR count). The molecule has 3 saturated heterocycles. The predicted octanol–water partition coefficient (Wildman–Crippen LogP) is 2.11. The van der Waals surface area contributed by atoms with Gasteiger partial charge in [-0.25, -0.2) is 0 Å². The lowest BCUT2D eigenvalue weighted by Crippen LogP contribution is -2.61. The van der Waals surface area contributed by atoms with Crippen LogP contribution in [0.3, 0.4) is 0 Å². The number of hydrogen-bond acceptors (Lipinski definition) is 6. The first kappa shape index (κ1) is 20.1. The van der Waals surface area contributed by atoms with Crippen molar-refractivity contribution in [3.8, 4) is 0 Å². The highest BCUT2D eigenvalue weighted by atomic mass is 16.8. The monoisotopic (exact) mass is 401 g/mol. The molecule has 0 aromatic carbocycles. The largest absolute Gasteiger partial charge is 0.507 e. The molecule has 4 heterocycles. The lowest BCUT2D eigenvalue weighted by atomic mass is 9.82. The third-order valence-electron chi connectivity index (χ3n) is 6.26. The maximum atomic E-state index is 11.7. The highest BCUT2D eigenvalue weighted by Gasteiger charge is 2.65. The summed E-state index contributed by atoms with van der Waals surface area (Å²) >= 11 is 0. The second kappa shape index (κ2) is 6.93. The normalized spacial score (nSPS) is 41.8. The number of ether oxygens (including phenoxy) is 3. The van der Waals surface area contributed by atoms with Gasteiger partial charge in [0.2, 0.25) is 5.79 Å². The van der Waals surface area contributed by atoms with E-state index in [4.69, 9.17) is 14.2 Å². The van der Waals surface area contributed by atoms with E-state index >= 15 is 0 Å². The fourth-order valence-electron chi connectivity index (χ4n) is 4.37. The Morgan fingerprint density at radius 1 is 1.34 bits per heavy atom. The Labute approximate surface area is 170 Å². The first-order chi connectivity index (χ1) is 13.7. The number of fused-ring (bicyclic) bond motifs is 3. The van der Waals surface area contributed by atoms with Crippen molar-refractivity contribution < 1.29 is 28.9 Å². The number of nitrogens with one attached hydrogen (secondary N) is 1. The zero-order valence-corrected chi connectivity index (χ0v) is 17.1. The third-order valence-corrected chi connectivity index (χ3v) is 6.26. The molecule has 2 bridgehead atoms. The van der Waals surface area contributed by atoms with E-state index in [1.807, 2.05) is 13.8 Å². The smallest absolute Gasteiger partial charge is 0.259 e. The van der Waals surface area contributed by atoms with Crippen LogP contribution in [0.25, 0.3) is 0 Å². The average molecular weight is 401 g/mol. The van der Waals surface area contributed by atoms with Gasteiger partial charge in [-0.3, -0.25) is 9.59 Å². The number of carbonyl (C=O) groups excluding carboxylic acids is 2. The van der Waals surface area contributed by atoms with Crippen molar-refractivity contribution in [2.45, 2.75) is 51.3 Å². The van der Waals surface area contributed by atoms with E-state index in [9.17, 15) is 14.7 Å². The molecule has 0 radical (unpaired) electrons. The van der Waals surface area contributed by atoms with Crippen molar-refractivity contribution in [2.75, 3.05) is 13.2 Å². The molecule has 0 saturated carbocycles. The number of aliphatic hydroxyl groups excluding tert-OH is 1. The van der Waals surface area contributed by atoms with Crippen LogP contribution in [0.2, 0.25) is 0 Å². The Bertz CT molecular complexity index is 847. The van der Waals surface area contributed by atoms with Gasteiger partial charge in [-0.2, -0.15) is 0 Å². The van der Waals surface area contributed by atoms with E-state index in [-0.39, 0.29) is 41.9 Å². The minimum absolute atomic E-state index is 0.0269. The van der Waals surface area contributed by atoms with E-state index in [1.54, 1.807) is 6.08 Å². The topological polar surface area (TPSA) is 97.4 Å². The van der Waals surface area contributed by atoms with Crippen molar-refractivity contribution in [3.05, 3.63) is 47.3 Å². The molecule has 29 heavy (non-hydrogen) atoms. The molecule has 4 aliphatic rings. The lowest BCUT2D eigenvalue weighted by Gasteiger charge is -2.51. The third kappa shape index (κ3) is 3.37. The summed E-state index contributed by atoms with van der Waals surface area (Å²) in [6, 6.07) is 0. The maximum Gasteiger partial charge on any atom is 0.259 e. The van der Waals surface area contributed by atoms with E-state index in [0.717, 1.165) is 5.57 Å². The Kier molecular flexibility index (Phi) is 4.80. The Hall–Kier alpha value is -2.22. The number of hydrogen-bond donors (Lipinski definition) is 2. The summed E-state index contributed by atoms with van der Waals surface area (Å²) in [6.45, 7) is 8.56. The number of Topliss-reactive ketones (excluding diaryl/α,β-unsaturated/α-hetero) is 1. The van der Waals surface area contributed by atoms with Crippen LogP contribution in [0.1, 0.15) is 27.7 Å². The van der Waals surface area contributed by atoms with Crippen LogP contribution in [-0.2, 0) is 23.8 Å². The van der Waals surface area contributed by atoms with Crippen LogP contribution < -0.4 is 5.32 Å². The number of amides is 1. The molecule has 7 heteroatoms. The summed E-state index contributed by atoms with van der Waals surface area (Å²) in [4.78, 5) is 23.3. The molecule has 1 spiro atoms. The fraction of sp³-hybridized carbons (Fsp3) is 0.545. The number of epoxide rings is 1. The van der Waals surface area contributed by atoms with E-state index < -0.39 is 23.1 Å². The minimum atomic E-state index is -0.797. The molecule has 0 aromatic rings. The molecule has 0 aliphatic carbocycles. The van der Waals surface area contributed by atoms with E-state index in [1.165, 1.54) is 6.08 Å². The number of carbonyl (C=O) groups is 2. The summed E-state index contributed by atoms with van der Waals surface area (Å²) in [5.41, 5.74) is 0.221. The molecule has 6 unspecified atom stereocenters. The molecular weight excluding hydrogens is 374 g/mol. The SMILES string of the molecule is CC(/C=C/C(O)=C1\C(=O)CNC1=O)=C\C(C)C1OC2(C)OC(C=CC23CO3)C1C. The molecule has 7 nitrogen and oxygen atoms in total. The molecule has 1 amide bonds. The van der Waals surface area contributed by atoms with Gasteiger partial charge in [0.05, 0.1) is 25.4 Å². The van der Waals surface area contributed by atoms with Crippen molar-refractivity contribution in [1.82, 2.24) is 5.32 Å². The van der Waals surface area contributed by atoms with Crippen LogP contribution in [0.15, 0.2) is 47.3 Å². The van der Waals surface area contributed by atoms with E-state index in [2.05, 4.69) is 37.4 Å². The molecule has 0 aromatic heterocycles. The van der Waals surface area contributed by atoms with Crippen LogP contribution in [-0.4, -0.2) is 53.5 Å². The molecular formula is C22H27NO6. The summed E-state index contributed by atoms with van der Waals surface area (Å²) in [7, 11) is 0. The first-order valence-corrected chi connectivity index (χ1v) is 9.96. The zero-order valence-electron chi connectivity index (χ0n) is 17.1. The minimum Gasteiger partial charge on any atom is -0.507 e. The van der Waals surface area contributed by atoms with Crippen LogP contribution in [0.4, 0.5) is 0 Å². The quantitative estimate of drug-likeness (QED) is 0.187. The molecule has 3 fully saturated rings. The number of ketones is 1. The molecule has 4 aliphatic heterocycles. The summed E-state index contributed by atoms with van der Waals surface area (Å²) in [5, 5.41) is 12.5. The molecule has 2 N–H and O–H groups in total. The summed E-state index contributed by atoms with van der Waals surface area (Å²) in [5.74, 6) is -1.82. The fourth-order valence-corrected chi connectivity index (χ4v) is 4.37. The van der Waals surface area contributed by atoms with Gasteiger partial charge in [0.25, 0.3) is 5.91 Å². The molecule has 6 atom stereocenters. The van der Waals surface area contributed by atoms with Gasteiger partial charge >= 0.3 is 0 Å². The van der Waals surface area contributed by atoms with Gasteiger partial charge in [-0.15, -0.1) is 0 Å². The zero-order chi connectivity index (χ0) is 21.0. The van der Waals surface area contributed by atoms with Gasteiger partial charge in [0.1, 0.15) is 11.3 Å². The van der Waals surface area contributed by atoms with Crippen molar-refractivity contribution in [2.24, 2.45) is 11.8 Å². The number of rotatable bonds is 4. The summed E-state index contributed by atoms with van der Waals surface area (Å²) < 4.78 is 18.2. The van der Waals surface area contributed by atoms with E-state index in [0.29, 0.717) is 6.61 Å². The first-order valence-electron chi connectivity index (χ1n) is 9.96. The predicted molar refractivity (Wildman–Crippen MR) is 105 cm³/mol. The van der Waals surface area contributed by atoms with Crippen molar-refractivity contribution >= 4 is 11.7 Å². The number of allylic oxidation sites excluding steroid dienone is 3. The van der Waals surface area contributed by atoms with Gasteiger partial charge in [-0.05, 0) is 26.0 Å². The Balaban J connectivity index is 1.49. The van der Waals surface area contributed by atoms with Crippen molar-refractivity contribution in [1.29, 1.82) is 0 Å². The second-order valence-electron chi connectivity index (χ2n) is 8.48. The number of aliphatic hydroxyl groups is 1. The highest BCUT2D eigenvalue weighted by Crippen LogP contribution is 2.51. The molecule has 156 valence electrons. The van der Waals surface area contributed by atoms with Gasteiger partial charge in [0, 0.05) is 11.8 Å². The maximum absolute atomic E-state index is 11.7. The lowest BCUT2D eigenvalue weighted by molar-refractivity contribution is -0.346. The summed E-state index contributed by atoms with van der Waals surface area (Å²) in [6.07, 6.45) is 9.18. The Morgan fingerprint density at radius 2 is 2.07 bits per heavy atom. The second-order valence-corrected chi connectivity index (χ2v) is 8.48. The van der Waals surface area contributed by atoms with Crippen LogP contribution in [0, 0.1) is 11.8 Å². The Morgan fingerprint density at radius 3 is 2.69 bits per heavy atom. The highest BCUT2D eigenvalue weighted by molar-refractivity contribution is 6.25. The standard InChI is InChI=1S/C22H27NO6/c1-12(5-6-15(24)18-16(25)10-23-20(18)26)9-13(2)19-14(3)17-7-8-22(11-27-22)21(4,28-17)29-19/h5-9,13-14,17,19,24H,10-11H2,1-4H3,(H,23,26)/b6-5+,12-9+,18-15-. The average Bonchev–Trinajstić information content (AvgIpc) is 3.39. The van der Waals surface area contributed by atoms with Crippen LogP contribution >= 0.6 is 0 Å². The van der Waals surface area contributed by atoms with Gasteiger partial charge in [-0.1, -0.05) is 37.6 Å². The van der Waals surface area contributed by atoms with Crippen LogP contribution in [0.5, 0.6) is 0 Å². The van der Waals surface area contributed by atoms with Gasteiger partial charge in [0.15, 0.2) is 11.4 Å². The van der Waals surface area contributed by atoms with Crippen molar-refractivity contribution in [3.63, 3.8) is 0 Å².